The van der Waals surface area contributed by atoms with Crippen LogP contribution >= 0.6 is 0 Å². The fourth-order valence-corrected chi connectivity index (χ4v) is 7.31. The number of carbonyl (C=O) groups is 1. The quantitative estimate of drug-likeness (QED) is 0.0432. The molecule has 3 N–H and O–H groups in total. The van der Waals surface area contributed by atoms with Crippen molar-refractivity contribution in [3.05, 3.63) is 24.3 Å². The van der Waals surface area contributed by atoms with Crippen LogP contribution in [-0.2, 0) is 4.79 Å². The first kappa shape index (κ1) is 50.9. The molecule has 1 amide bonds. The molecule has 0 saturated heterocycles. The van der Waals surface area contributed by atoms with Gasteiger partial charge >= 0.3 is 0 Å². The Morgan fingerprint density at radius 1 is 0.442 bits per heavy atom. The van der Waals surface area contributed by atoms with Crippen LogP contribution in [0.2, 0.25) is 0 Å². The molecule has 0 aliphatic rings. The van der Waals surface area contributed by atoms with Crippen molar-refractivity contribution in [1.82, 2.24) is 5.32 Å². The molecule has 4 nitrogen and oxygen atoms in total. The first-order valence-electron chi connectivity index (χ1n) is 23.6. The van der Waals surface area contributed by atoms with Crippen LogP contribution in [0.15, 0.2) is 24.3 Å². The lowest BCUT2D eigenvalue weighted by molar-refractivity contribution is -0.123. The van der Waals surface area contributed by atoms with Gasteiger partial charge in [0.2, 0.25) is 5.91 Å². The zero-order chi connectivity index (χ0) is 37.8. The highest BCUT2D eigenvalue weighted by Gasteiger charge is 2.17. The standard InChI is InChI=1S/C48H93NO3/c1-3-5-7-9-11-13-15-17-19-21-22-23-24-25-26-28-30-32-34-36-38-40-42-44-48(52)49-46(45-50)47(51)43-41-39-37-35-33-31-29-27-20-18-16-14-12-10-8-6-4-2/h33,35,41,43,46-47,50-51H,3-32,34,36-40,42,44-45H2,1-2H3,(H,49,52)/b35-33+,43-41+/t46-,47+/m0/s1. The van der Waals surface area contributed by atoms with E-state index in [9.17, 15) is 15.0 Å². The van der Waals surface area contributed by atoms with Crippen LogP contribution in [0.5, 0.6) is 0 Å². The molecule has 4 heteroatoms. The average molecular weight is 732 g/mol. The van der Waals surface area contributed by atoms with Crippen LogP contribution in [-0.4, -0.2) is 34.9 Å². The molecule has 0 aromatic carbocycles. The smallest absolute Gasteiger partial charge is 0.220 e. The van der Waals surface area contributed by atoms with Gasteiger partial charge in [0.25, 0.3) is 0 Å². The molecule has 0 aliphatic carbocycles. The molecule has 0 aromatic heterocycles. The fraction of sp³-hybridized carbons (Fsp3) is 0.896. The van der Waals surface area contributed by atoms with Crippen LogP contribution in [0, 0.1) is 0 Å². The third kappa shape index (κ3) is 40.1. The van der Waals surface area contributed by atoms with E-state index in [0.29, 0.717) is 6.42 Å². The van der Waals surface area contributed by atoms with Crippen LogP contribution in [0.1, 0.15) is 258 Å². The summed E-state index contributed by atoms with van der Waals surface area (Å²) >= 11 is 0. The minimum absolute atomic E-state index is 0.0691. The molecule has 52 heavy (non-hydrogen) atoms. The van der Waals surface area contributed by atoms with Gasteiger partial charge in [0.1, 0.15) is 0 Å². The molecular formula is C48H93NO3. The maximum Gasteiger partial charge on any atom is 0.220 e. The predicted molar refractivity (Wildman–Crippen MR) is 230 cm³/mol. The molecule has 0 spiro atoms. The number of hydrogen-bond donors (Lipinski definition) is 3. The van der Waals surface area contributed by atoms with E-state index >= 15 is 0 Å². The first-order chi connectivity index (χ1) is 25.7. The van der Waals surface area contributed by atoms with E-state index in [1.807, 2.05) is 6.08 Å². The Morgan fingerprint density at radius 2 is 0.750 bits per heavy atom. The molecule has 0 saturated carbocycles. The second kappa shape index (κ2) is 44.3. The topological polar surface area (TPSA) is 69.6 Å². The Labute approximate surface area is 326 Å². The molecule has 0 radical (unpaired) electrons. The SMILES string of the molecule is CCCCCCCCCCCCC/C=C/CC/C=C/[C@@H](O)[C@H](CO)NC(=O)CCCCCCCCCCCCCCCCCCCCCCCCC. The van der Waals surface area contributed by atoms with Gasteiger partial charge < -0.3 is 15.5 Å². The number of hydrogen-bond acceptors (Lipinski definition) is 3. The Bertz CT molecular complexity index is 750. The Morgan fingerprint density at radius 3 is 1.12 bits per heavy atom. The molecule has 308 valence electrons. The van der Waals surface area contributed by atoms with E-state index in [1.54, 1.807) is 6.08 Å². The van der Waals surface area contributed by atoms with Crippen LogP contribution in [0.25, 0.3) is 0 Å². The van der Waals surface area contributed by atoms with Crippen molar-refractivity contribution in [2.75, 3.05) is 6.61 Å². The highest BCUT2D eigenvalue weighted by atomic mass is 16.3. The van der Waals surface area contributed by atoms with E-state index in [1.165, 1.54) is 205 Å². The van der Waals surface area contributed by atoms with Gasteiger partial charge in [-0.25, -0.2) is 0 Å². The van der Waals surface area contributed by atoms with Crippen molar-refractivity contribution in [3.63, 3.8) is 0 Å². The van der Waals surface area contributed by atoms with Gasteiger partial charge in [-0.1, -0.05) is 244 Å². The summed E-state index contributed by atoms with van der Waals surface area (Å²) in [5.41, 5.74) is 0. The summed E-state index contributed by atoms with van der Waals surface area (Å²) in [7, 11) is 0. The van der Waals surface area contributed by atoms with E-state index in [2.05, 4.69) is 31.3 Å². The van der Waals surface area contributed by atoms with Crippen LogP contribution < -0.4 is 5.32 Å². The van der Waals surface area contributed by atoms with Gasteiger partial charge in [0.05, 0.1) is 18.8 Å². The maximum absolute atomic E-state index is 12.4. The molecule has 0 heterocycles. The van der Waals surface area contributed by atoms with Gasteiger partial charge in [-0.15, -0.1) is 0 Å². The number of amides is 1. The number of aliphatic hydroxyl groups excluding tert-OH is 2. The molecular weight excluding hydrogens is 639 g/mol. The van der Waals surface area contributed by atoms with Gasteiger partial charge in [0, 0.05) is 6.42 Å². The monoisotopic (exact) mass is 732 g/mol. The highest BCUT2D eigenvalue weighted by molar-refractivity contribution is 5.76. The van der Waals surface area contributed by atoms with E-state index in [-0.39, 0.29) is 12.5 Å². The lowest BCUT2D eigenvalue weighted by Crippen LogP contribution is -2.45. The van der Waals surface area contributed by atoms with Crippen molar-refractivity contribution < 1.29 is 15.0 Å². The number of aliphatic hydroxyl groups is 2. The lowest BCUT2D eigenvalue weighted by atomic mass is 10.0. The zero-order valence-corrected chi connectivity index (χ0v) is 35.3. The third-order valence-electron chi connectivity index (χ3n) is 10.9. The van der Waals surface area contributed by atoms with E-state index in [0.717, 1.165) is 32.1 Å². The zero-order valence-electron chi connectivity index (χ0n) is 35.3. The third-order valence-corrected chi connectivity index (χ3v) is 10.9. The molecule has 0 fully saturated rings. The highest BCUT2D eigenvalue weighted by Crippen LogP contribution is 2.16. The molecule has 0 rings (SSSR count). The first-order valence-corrected chi connectivity index (χ1v) is 23.6. The van der Waals surface area contributed by atoms with Crippen molar-refractivity contribution >= 4 is 5.91 Å². The number of allylic oxidation sites excluding steroid dienone is 3. The van der Waals surface area contributed by atoms with Crippen LogP contribution in [0.4, 0.5) is 0 Å². The minimum Gasteiger partial charge on any atom is -0.394 e. The van der Waals surface area contributed by atoms with Crippen LogP contribution in [0.3, 0.4) is 0 Å². The fourth-order valence-electron chi connectivity index (χ4n) is 7.31. The Balaban J connectivity index is 3.53. The van der Waals surface area contributed by atoms with Gasteiger partial charge in [-0.2, -0.15) is 0 Å². The maximum atomic E-state index is 12.4. The summed E-state index contributed by atoms with van der Waals surface area (Å²) in [5.74, 6) is -0.0691. The largest absolute Gasteiger partial charge is 0.394 e. The average Bonchev–Trinajstić information content (AvgIpc) is 3.15. The Kier molecular flexibility index (Phi) is 43.3. The van der Waals surface area contributed by atoms with Crippen molar-refractivity contribution in [1.29, 1.82) is 0 Å². The summed E-state index contributed by atoms with van der Waals surface area (Å²) in [5, 5.41) is 23.0. The summed E-state index contributed by atoms with van der Waals surface area (Å²) in [4.78, 5) is 12.4. The number of nitrogens with one attached hydrogen (secondary N) is 1. The predicted octanol–water partition coefficient (Wildman–Crippen LogP) is 14.8. The molecule has 0 unspecified atom stereocenters. The molecule has 0 aromatic rings. The van der Waals surface area contributed by atoms with E-state index < -0.39 is 12.1 Å². The van der Waals surface area contributed by atoms with Crippen molar-refractivity contribution in [3.8, 4) is 0 Å². The Hall–Kier alpha value is -1.13. The summed E-state index contributed by atoms with van der Waals surface area (Å²) in [6.45, 7) is 4.32. The van der Waals surface area contributed by atoms with Crippen molar-refractivity contribution in [2.45, 2.75) is 270 Å². The second-order valence-electron chi connectivity index (χ2n) is 16.2. The minimum atomic E-state index is -0.858. The van der Waals surface area contributed by atoms with Gasteiger partial charge in [-0.05, 0) is 32.1 Å². The molecule has 0 bridgehead atoms. The second-order valence-corrected chi connectivity index (χ2v) is 16.2. The summed E-state index contributed by atoms with van der Waals surface area (Å²) in [6.07, 6.45) is 57.3. The van der Waals surface area contributed by atoms with Crippen molar-refractivity contribution in [2.24, 2.45) is 0 Å². The normalized spacial score (nSPS) is 13.1. The lowest BCUT2D eigenvalue weighted by Gasteiger charge is -2.19. The number of carbonyl (C=O) groups excluding carboxylic acids is 1. The number of unbranched alkanes of at least 4 members (excludes halogenated alkanes) is 34. The summed E-state index contributed by atoms with van der Waals surface area (Å²) in [6, 6.07) is -0.634. The van der Waals surface area contributed by atoms with Gasteiger partial charge in [0.15, 0.2) is 0 Å². The molecule has 2 atom stereocenters. The summed E-state index contributed by atoms with van der Waals surface area (Å²) < 4.78 is 0. The molecule has 0 aliphatic heterocycles. The van der Waals surface area contributed by atoms with Gasteiger partial charge in [-0.3, -0.25) is 4.79 Å². The van der Waals surface area contributed by atoms with E-state index in [4.69, 9.17) is 0 Å². The number of rotatable bonds is 43.